The highest BCUT2D eigenvalue weighted by Crippen LogP contribution is 2.15. The third kappa shape index (κ3) is 2.97. The van der Waals surface area contributed by atoms with Crippen LogP contribution < -0.4 is 10.6 Å². The highest BCUT2D eigenvalue weighted by Gasteiger charge is 2.28. The predicted octanol–water partition coefficient (Wildman–Crippen LogP) is -0.659. The van der Waals surface area contributed by atoms with Gasteiger partial charge in [-0.2, -0.15) is 0 Å². The Morgan fingerprint density at radius 3 is 2.92 bits per heavy atom. The van der Waals surface area contributed by atoms with E-state index >= 15 is 0 Å². The van der Waals surface area contributed by atoms with Gasteiger partial charge in [-0.05, 0) is 18.9 Å². The largest absolute Gasteiger partial charge is 0.396 e. The van der Waals surface area contributed by atoms with Crippen LogP contribution in [0.25, 0.3) is 0 Å². The first-order valence-corrected chi connectivity index (χ1v) is 4.85. The van der Waals surface area contributed by atoms with Gasteiger partial charge in [0.1, 0.15) is 0 Å². The van der Waals surface area contributed by atoms with Crippen molar-refractivity contribution in [1.82, 2.24) is 10.6 Å². The lowest BCUT2D eigenvalue weighted by atomic mass is 9.97. The Labute approximate surface area is 78.7 Å². The summed E-state index contributed by atoms with van der Waals surface area (Å²) >= 11 is 0. The maximum atomic E-state index is 11.5. The van der Waals surface area contributed by atoms with Crippen molar-refractivity contribution < 1.29 is 9.90 Å². The molecule has 4 heteroatoms. The van der Waals surface area contributed by atoms with Crippen LogP contribution in [0.2, 0.25) is 0 Å². The van der Waals surface area contributed by atoms with Crippen molar-refractivity contribution in [2.75, 3.05) is 26.2 Å². The van der Waals surface area contributed by atoms with Crippen molar-refractivity contribution in [3.63, 3.8) is 0 Å². The Morgan fingerprint density at radius 1 is 1.62 bits per heavy atom. The molecule has 0 aromatic heterocycles. The lowest BCUT2D eigenvalue weighted by Gasteiger charge is -2.13. The van der Waals surface area contributed by atoms with Gasteiger partial charge in [-0.3, -0.25) is 4.79 Å². The maximum absolute atomic E-state index is 11.5. The van der Waals surface area contributed by atoms with Crippen molar-refractivity contribution in [1.29, 1.82) is 0 Å². The molecule has 1 saturated heterocycles. The van der Waals surface area contributed by atoms with Crippen LogP contribution in [0.15, 0.2) is 0 Å². The summed E-state index contributed by atoms with van der Waals surface area (Å²) in [7, 11) is 0. The molecule has 1 fully saturated rings. The monoisotopic (exact) mass is 186 g/mol. The second-order valence-corrected chi connectivity index (χ2v) is 3.61. The number of hydrogen-bond donors (Lipinski definition) is 3. The van der Waals surface area contributed by atoms with Gasteiger partial charge in [0.25, 0.3) is 0 Å². The number of aliphatic hydroxyl groups is 1. The number of hydrogen-bond acceptors (Lipinski definition) is 3. The van der Waals surface area contributed by atoms with E-state index in [1.165, 1.54) is 0 Å². The SMILES string of the molecule is CC1CNCC1C(=O)NCCCO. The number of amides is 1. The van der Waals surface area contributed by atoms with Crippen molar-refractivity contribution in [3.8, 4) is 0 Å². The Bertz CT molecular complexity index is 173. The minimum atomic E-state index is 0.110. The summed E-state index contributed by atoms with van der Waals surface area (Å²) in [4.78, 5) is 11.5. The van der Waals surface area contributed by atoms with Crippen LogP contribution in [0.5, 0.6) is 0 Å². The first-order valence-electron chi connectivity index (χ1n) is 4.85. The van der Waals surface area contributed by atoms with Crippen LogP contribution in [0, 0.1) is 11.8 Å². The molecule has 2 unspecified atom stereocenters. The number of carbonyl (C=O) groups excluding carboxylic acids is 1. The standard InChI is InChI=1S/C9H18N2O2/c1-7-5-10-6-8(7)9(13)11-3-2-4-12/h7-8,10,12H,2-6H2,1H3,(H,11,13). The van der Waals surface area contributed by atoms with Crippen LogP contribution >= 0.6 is 0 Å². The summed E-state index contributed by atoms with van der Waals surface area (Å²) in [6, 6.07) is 0. The molecule has 0 spiro atoms. The van der Waals surface area contributed by atoms with Crippen molar-refractivity contribution in [2.45, 2.75) is 13.3 Å². The third-order valence-corrected chi connectivity index (χ3v) is 2.49. The summed E-state index contributed by atoms with van der Waals surface area (Å²) in [6.07, 6.45) is 0.639. The van der Waals surface area contributed by atoms with Crippen molar-refractivity contribution >= 4 is 5.91 Å². The average molecular weight is 186 g/mol. The predicted molar refractivity (Wildman–Crippen MR) is 50.2 cm³/mol. The fraction of sp³-hybridized carbons (Fsp3) is 0.889. The van der Waals surface area contributed by atoms with Gasteiger partial charge in [0, 0.05) is 19.7 Å². The van der Waals surface area contributed by atoms with E-state index in [9.17, 15) is 4.79 Å². The van der Waals surface area contributed by atoms with Crippen LogP contribution in [0.3, 0.4) is 0 Å². The molecular formula is C9H18N2O2. The molecule has 0 aliphatic carbocycles. The molecule has 0 saturated carbocycles. The minimum Gasteiger partial charge on any atom is -0.396 e. The zero-order chi connectivity index (χ0) is 9.68. The molecule has 76 valence electrons. The van der Waals surface area contributed by atoms with Gasteiger partial charge in [-0.25, -0.2) is 0 Å². The van der Waals surface area contributed by atoms with E-state index in [-0.39, 0.29) is 18.4 Å². The number of aliphatic hydroxyl groups excluding tert-OH is 1. The van der Waals surface area contributed by atoms with E-state index in [2.05, 4.69) is 17.6 Å². The number of carbonyl (C=O) groups is 1. The first kappa shape index (κ1) is 10.5. The average Bonchev–Trinajstić information content (AvgIpc) is 2.52. The summed E-state index contributed by atoms with van der Waals surface area (Å²) in [6.45, 7) is 4.51. The van der Waals surface area contributed by atoms with Gasteiger partial charge >= 0.3 is 0 Å². The van der Waals surface area contributed by atoms with E-state index in [1.54, 1.807) is 0 Å². The normalized spacial score (nSPS) is 27.5. The zero-order valence-corrected chi connectivity index (χ0v) is 8.05. The molecule has 0 aromatic carbocycles. The maximum Gasteiger partial charge on any atom is 0.224 e. The Balaban J connectivity index is 2.22. The topological polar surface area (TPSA) is 61.4 Å². The van der Waals surface area contributed by atoms with Crippen molar-refractivity contribution in [2.24, 2.45) is 11.8 Å². The fourth-order valence-electron chi connectivity index (χ4n) is 1.58. The Morgan fingerprint density at radius 2 is 2.38 bits per heavy atom. The van der Waals surface area contributed by atoms with Crippen LogP contribution in [-0.4, -0.2) is 37.3 Å². The van der Waals surface area contributed by atoms with Crippen molar-refractivity contribution in [3.05, 3.63) is 0 Å². The molecule has 3 N–H and O–H groups in total. The molecule has 4 nitrogen and oxygen atoms in total. The van der Waals surface area contributed by atoms with Gasteiger partial charge in [-0.1, -0.05) is 6.92 Å². The van der Waals surface area contributed by atoms with E-state index in [1.807, 2.05) is 0 Å². The van der Waals surface area contributed by atoms with Crippen LogP contribution in [-0.2, 0) is 4.79 Å². The summed E-state index contributed by atoms with van der Waals surface area (Å²) in [5.41, 5.74) is 0. The Kier molecular flexibility index (Phi) is 4.18. The van der Waals surface area contributed by atoms with Gasteiger partial charge < -0.3 is 15.7 Å². The fourth-order valence-corrected chi connectivity index (χ4v) is 1.58. The van der Waals surface area contributed by atoms with E-state index in [0.717, 1.165) is 13.1 Å². The highest BCUT2D eigenvalue weighted by atomic mass is 16.3. The van der Waals surface area contributed by atoms with Gasteiger partial charge in [-0.15, -0.1) is 0 Å². The molecule has 1 rings (SSSR count). The molecule has 0 aromatic rings. The molecule has 1 heterocycles. The second-order valence-electron chi connectivity index (χ2n) is 3.61. The van der Waals surface area contributed by atoms with E-state index in [4.69, 9.17) is 5.11 Å². The van der Waals surface area contributed by atoms with Crippen LogP contribution in [0.4, 0.5) is 0 Å². The van der Waals surface area contributed by atoms with Gasteiger partial charge in [0.15, 0.2) is 0 Å². The summed E-state index contributed by atoms with van der Waals surface area (Å²) < 4.78 is 0. The molecular weight excluding hydrogens is 168 g/mol. The summed E-state index contributed by atoms with van der Waals surface area (Å²) in [5, 5.41) is 14.5. The lowest BCUT2D eigenvalue weighted by molar-refractivity contribution is -0.125. The molecule has 0 bridgehead atoms. The lowest BCUT2D eigenvalue weighted by Crippen LogP contribution is -2.35. The van der Waals surface area contributed by atoms with E-state index < -0.39 is 0 Å². The third-order valence-electron chi connectivity index (χ3n) is 2.49. The number of nitrogens with one attached hydrogen (secondary N) is 2. The minimum absolute atomic E-state index is 0.110. The van der Waals surface area contributed by atoms with Gasteiger partial charge in [0.2, 0.25) is 5.91 Å². The number of rotatable bonds is 4. The first-order chi connectivity index (χ1) is 6.25. The quantitative estimate of drug-likeness (QED) is 0.511. The summed E-state index contributed by atoms with van der Waals surface area (Å²) in [5.74, 6) is 0.652. The highest BCUT2D eigenvalue weighted by molar-refractivity contribution is 5.79. The molecule has 13 heavy (non-hydrogen) atoms. The molecule has 2 atom stereocenters. The zero-order valence-electron chi connectivity index (χ0n) is 8.05. The molecule has 1 amide bonds. The Hall–Kier alpha value is -0.610. The molecule has 1 aliphatic heterocycles. The molecule has 1 aliphatic rings. The second kappa shape index (κ2) is 5.19. The molecule has 0 radical (unpaired) electrons. The van der Waals surface area contributed by atoms with E-state index in [0.29, 0.717) is 18.9 Å². The van der Waals surface area contributed by atoms with Gasteiger partial charge in [0.05, 0.1) is 5.92 Å². The van der Waals surface area contributed by atoms with Crippen LogP contribution in [0.1, 0.15) is 13.3 Å². The smallest absolute Gasteiger partial charge is 0.224 e.